The Morgan fingerprint density at radius 2 is 2.00 bits per heavy atom. The van der Waals surface area contributed by atoms with Crippen LogP contribution in [0.4, 0.5) is 4.39 Å². The van der Waals surface area contributed by atoms with Gasteiger partial charge < -0.3 is 10.6 Å². The van der Waals surface area contributed by atoms with Crippen LogP contribution in [0.1, 0.15) is 18.5 Å². The van der Waals surface area contributed by atoms with Crippen LogP contribution < -0.4 is 5.73 Å². The largest absolute Gasteiger partial charge is 0.329 e. The van der Waals surface area contributed by atoms with E-state index in [2.05, 4.69) is 16.7 Å². The Hall–Kier alpha value is -0.970. The molecule has 1 aromatic carbocycles. The minimum absolute atomic E-state index is 0.139. The van der Waals surface area contributed by atoms with E-state index in [1.54, 1.807) is 12.1 Å². The zero-order valence-corrected chi connectivity index (χ0v) is 11.0. The molecule has 1 aliphatic heterocycles. The van der Waals surface area contributed by atoms with Gasteiger partial charge in [-0.05, 0) is 24.2 Å². The third kappa shape index (κ3) is 3.07. The van der Waals surface area contributed by atoms with Crippen molar-refractivity contribution in [3.05, 3.63) is 35.6 Å². The molecule has 4 heteroatoms. The maximum absolute atomic E-state index is 13.3. The SMILES string of the molecule is CCN1CCN(C(CN)c2cccc(F)c2)CC1. The summed E-state index contributed by atoms with van der Waals surface area (Å²) in [5.41, 5.74) is 6.86. The van der Waals surface area contributed by atoms with Crippen molar-refractivity contribution >= 4 is 0 Å². The molecule has 1 saturated heterocycles. The molecule has 100 valence electrons. The van der Waals surface area contributed by atoms with E-state index >= 15 is 0 Å². The van der Waals surface area contributed by atoms with Gasteiger partial charge in [-0.3, -0.25) is 4.90 Å². The predicted molar refractivity (Wildman–Crippen MR) is 71.9 cm³/mol. The van der Waals surface area contributed by atoms with E-state index in [0.717, 1.165) is 38.3 Å². The maximum atomic E-state index is 13.3. The molecule has 1 atom stereocenters. The quantitative estimate of drug-likeness (QED) is 0.879. The van der Waals surface area contributed by atoms with Crippen LogP contribution in [0.2, 0.25) is 0 Å². The number of piperazine rings is 1. The van der Waals surface area contributed by atoms with Crippen LogP contribution in [-0.2, 0) is 0 Å². The number of nitrogens with two attached hydrogens (primary N) is 1. The molecule has 1 aliphatic rings. The van der Waals surface area contributed by atoms with Gasteiger partial charge in [-0.15, -0.1) is 0 Å². The highest BCUT2D eigenvalue weighted by Gasteiger charge is 2.23. The number of hydrogen-bond acceptors (Lipinski definition) is 3. The number of hydrogen-bond donors (Lipinski definition) is 1. The Kier molecular flexibility index (Phi) is 4.69. The monoisotopic (exact) mass is 251 g/mol. The van der Waals surface area contributed by atoms with Gasteiger partial charge >= 0.3 is 0 Å². The number of halogens is 1. The van der Waals surface area contributed by atoms with Crippen molar-refractivity contribution in [3.63, 3.8) is 0 Å². The van der Waals surface area contributed by atoms with Crippen LogP contribution >= 0.6 is 0 Å². The Bertz CT molecular complexity index is 375. The highest BCUT2D eigenvalue weighted by molar-refractivity contribution is 5.20. The van der Waals surface area contributed by atoms with Crippen molar-refractivity contribution in [2.75, 3.05) is 39.3 Å². The topological polar surface area (TPSA) is 32.5 Å². The van der Waals surface area contributed by atoms with Gasteiger partial charge in [0.25, 0.3) is 0 Å². The van der Waals surface area contributed by atoms with E-state index in [1.165, 1.54) is 6.07 Å². The molecule has 0 spiro atoms. The molecule has 0 aromatic heterocycles. The van der Waals surface area contributed by atoms with Crippen LogP contribution in [0.25, 0.3) is 0 Å². The molecule has 1 heterocycles. The predicted octanol–water partition coefficient (Wildman–Crippen LogP) is 1.46. The van der Waals surface area contributed by atoms with Crippen molar-refractivity contribution in [2.24, 2.45) is 5.73 Å². The van der Waals surface area contributed by atoms with Crippen molar-refractivity contribution in [1.29, 1.82) is 0 Å². The van der Waals surface area contributed by atoms with Gasteiger partial charge in [0.15, 0.2) is 0 Å². The fraction of sp³-hybridized carbons (Fsp3) is 0.571. The fourth-order valence-electron chi connectivity index (χ4n) is 2.60. The third-order valence-corrected chi connectivity index (χ3v) is 3.75. The van der Waals surface area contributed by atoms with Gasteiger partial charge in [0.2, 0.25) is 0 Å². The molecular formula is C14H22FN3. The normalized spacial score (nSPS) is 19.9. The summed E-state index contributed by atoms with van der Waals surface area (Å²) in [6.45, 7) is 7.97. The van der Waals surface area contributed by atoms with E-state index in [4.69, 9.17) is 5.73 Å². The van der Waals surface area contributed by atoms with Crippen LogP contribution in [-0.4, -0.2) is 49.1 Å². The molecule has 2 rings (SSSR count). The molecule has 0 saturated carbocycles. The van der Waals surface area contributed by atoms with Crippen molar-refractivity contribution in [3.8, 4) is 0 Å². The molecule has 2 N–H and O–H groups in total. The molecular weight excluding hydrogens is 229 g/mol. The average molecular weight is 251 g/mol. The lowest BCUT2D eigenvalue weighted by Gasteiger charge is -2.38. The smallest absolute Gasteiger partial charge is 0.123 e. The Labute approximate surface area is 108 Å². The van der Waals surface area contributed by atoms with Gasteiger partial charge in [0.1, 0.15) is 5.82 Å². The highest BCUT2D eigenvalue weighted by atomic mass is 19.1. The van der Waals surface area contributed by atoms with Crippen molar-refractivity contribution < 1.29 is 4.39 Å². The summed E-state index contributed by atoms with van der Waals surface area (Å²) >= 11 is 0. The molecule has 1 aromatic rings. The zero-order valence-electron chi connectivity index (χ0n) is 11.0. The van der Waals surface area contributed by atoms with Crippen molar-refractivity contribution in [1.82, 2.24) is 9.80 Å². The van der Waals surface area contributed by atoms with E-state index in [1.807, 2.05) is 6.07 Å². The van der Waals surface area contributed by atoms with Crippen molar-refractivity contribution in [2.45, 2.75) is 13.0 Å². The minimum Gasteiger partial charge on any atom is -0.329 e. The minimum atomic E-state index is -0.182. The lowest BCUT2D eigenvalue weighted by molar-refractivity contribution is 0.102. The lowest BCUT2D eigenvalue weighted by Crippen LogP contribution is -2.48. The average Bonchev–Trinajstić information content (AvgIpc) is 2.40. The second-order valence-electron chi connectivity index (χ2n) is 4.78. The number of benzene rings is 1. The first-order valence-corrected chi connectivity index (χ1v) is 6.66. The van der Waals surface area contributed by atoms with Crippen LogP contribution in [0.15, 0.2) is 24.3 Å². The van der Waals surface area contributed by atoms with Gasteiger partial charge in [-0.25, -0.2) is 4.39 Å². The number of likely N-dealkylation sites (N-methyl/N-ethyl adjacent to an activating group) is 1. The summed E-state index contributed by atoms with van der Waals surface area (Å²) in [5, 5.41) is 0. The van der Waals surface area contributed by atoms with Gasteiger partial charge in [-0.1, -0.05) is 19.1 Å². The Morgan fingerprint density at radius 1 is 1.28 bits per heavy atom. The maximum Gasteiger partial charge on any atom is 0.123 e. The van der Waals surface area contributed by atoms with E-state index in [9.17, 15) is 4.39 Å². The first-order valence-electron chi connectivity index (χ1n) is 6.66. The zero-order chi connectivity index (χ0) is 13.0. The number of rotatable bonds is 4. The summed E-state index contributed by atoms with van der Waals surface area (Å²) < 4.78 is 13.3. The van der Waals surface area contributed by atoms with E-state index < -0.39 is 0 Å². The second kappa shape index (κ2) is 6.27. The van der Waals surface area contributed by atoms with E-state index in [0.29, 0.717) is 6.54 Å². The van der Waals surface area contributed by atoms with Gasteiger partial charge in [0, 0.05) is 38.8 Å². The molecule has 1 fully saturated rings. The van der Waals surface area contributed by atoms with E-state index in [-0.39, 0.29) is 11.9 Å². The molecule has 0 radical (unpaired) electrons. The summed E-state index contributed by atoms with van der Waals surface area (Å²) in [5.74, 6) is -0.182. The summed E-state index contributed by atoms with van der Waals surface area (Å²) in [6, 6.07) is 6.94. The van der Waals surface area contributed by atoms with Crippen LogP contribution in [0.3, 0.4) is 0 Å². The van der Waals surface area contributed by atoms with Gasteiger partial charge in [-0.2, -0.15) is 0 Å². The molecule has 0 bridgehead atoms. The molecule has 3 nitrogen and oxygen atoms in total. The Balaban J connectivity index is 2.05. The standard InChI is InChI=1S/C14H22FN3/c1-2-17-6-8-18(9-7-17)14(11-16)12-4-3-5-13(15)10-12/h3-5,10,14H,2,6-9,11,16H2,1H3. The summed E-state index contributed by atoms with van der Waals surface area (Å²) in [6.07, 6.45) is 0. The first kappa shape index (κ1) is 13.5. The molecule has 1 unspecified atom stereocenters. The van der Waals surface area contributed by atoms with Gasteiger partial charge in [0.05, 0.1) is 0 Å². The molecule has 0 aliphatic carbocycles. The highest BCUT2D eigenvalue weighted by Crippen LogP contribution is 2.21. The Morgan fingerprint density at radius 3 is 2.56 bits per heavy atom. The molecule has 0 amide bonds. The summed E-state index contributed by atoms with van der Waals surface area (Å²) in [7, 11) is 0. The fourth-order valence-corrected chi connectivity index (χ4v) is 2.60. The first-order chi connectivity index (χ1) is 8.74. The van der Waals surface area contributed by atoms with Crippen LogP contribution in [0.5, 0.6) is 0 Å². The van der Waals surface area contributed by atoms with Crippen LogP contribution in [0, 0.1) is 5.82 Å². The summed E-state index contributed by atoms with van der Waals surface area (Å²) in [4.78, 5) is 4.79. The molecule has 18 heavy (non-hydrogen) atoms. The second-order valence-corrected chi connectivity index (χ2v) is 4.78. The third-order valence-electron chi connectivity index (χ3n) is 3.75. The number of nitrogens with zero attached hydrogens (tertiary/aromatic N) is 2. The lowest BCUT2D eigenvalue weighted by atomic mass is 10.0.